The molecule has 2 heterocycles. The number of amides is 4. The van der Waals surface area contributed by atoms with E-state index in [0.717, 1.165) is 21.6 Å². The third kappa shape index (κ3) is 6.53. The smallest absolute Gasteiger partial charge is 0.326 e. The molecule has 238 valence electrons. The van der Waals surface area contributed by atoms with Gasteiger partial charge in [0.15, 0.2) is 0 Å². The number of ether oxygens (including phenoxy) is 2. The van der Waals surface area contributed by atoms with E-state index in [1.54, 1.807) is 18.2 Å². The molecule has 5 rings (SSSR count). The molecule has 0 radical (unpaired) electrons. The van der Waals surface area contributed by atoms with Gasteiger partial charge in [-0.2, -0.15) is 0 Å². The largest absolute Gasteiger partial charge is 0.496 e. The number of benzene rings is 3. The van der Waals surface area contributed by atoms with Crippen molar-refractivity contribution in [1.29, 1.82) is 0 Å². The lowest BCUT2D eigenvalue weighted by Crippen LogP contribution is -2.56. The number of imide groups is 1. The number of aliphatic hydroxyl groups is 1. The zero-order valence-electron chi connectivity index (χ0n) is 25.5. The Morgan fingerprint density at radius 2 is 1.84 bits per heavy atom. The number of hydrogen-bond donors (Lipinski definition) is 3. The fourth-order valence-corrected chi connectivity index (χ4v) is 6.10. The maximum Gasteiger partial charge on any atom is 0.326 e. The first-order chi connectivity index (χ1) is 21.5. The van der Waals surface area contributed by atoms with E-state index in [2.05, 4.69) is 10.6 Å². The molecule has 3 aromatic rings. The number of hydrogen-bond acceptors (Lipinski definition) is 7. The second kappa shape index (κ2) is 13.5. The predicted octanol–water partition coefficient (Wildman–Crippen LogP) is 4.45. The van der Waals surface area contributed by atoms with Gasteiger partial charge in [-0.25, -0.2) is 9.18 Å². The highest BCUT2D eigenvalue weighted by Gasteiger charge is 2.39. The van der Waals surface area contributed by atoms with Crippen molar-refractivity contribution in [3.63, 3.8) is 0 Å². The van der Waals surface area contributed by atoms with Crippen LogP contribution in [-0.2, 0) is 20.9 Å². The van der Waals surface area contributed by atoms with Gasteiger partial charge in [-0.05, 0) is 53.8 Å². The molecular weight excluding hydrogens is 603 g/mol. The monoisotopic (exact) mass is 638 g/mol. The quantitative estimate of drug-likeness (QED) is 0.312. The highest BCUT2D eigenvalue weighted by Crippen LogP contribution is 2.40. The first-order valence-corrected chi connectivity index (χ1v) is 15.0. The standard InChI is InChI=1S/C33H36ClFN4O6/c1-18-20(19-13-25(35)23(29(14-19)44-4)15-36-26-11-12-45-17-28(26)40)7-5-8-21(18)22-9-6-10-27(30(22)34)37-31(41)24-16-38(2)33(43)39(3)32(24)42/h5-10,13-14,24,26,28,36,40H,11-12,15-17H2,1-4H3,(H,37,41)/t24?,26-,28-/m0/s1. The molecule has 2 aliphatic rings. The summed E-state index contributed by atoms with van der Waals surface area (Å²) >= 11 is 6.83. The number of aliphatic hydroxyl groups excluding tert-OH is 1. The van der Waals surface area contributed by atoms with E-state index >= 15 is 4.39 Å². The number of carbonyl (C=O) groups is 3. The second-order valence-corrected chi connectivity index (χ2v) is 11.7. The van der Waals surface area contributed by atoms with Crippen LogP contribution in [0.15, 0.2) is 48.5 Å². The number of nitrogens with zero attached hydrogens (tertiary/aromatic N) is 2. The van der Waals surface area contributed by atoms with Crippen molar-refractivity contribution >= 4 is 35.1 Å². The Balaban J connectivity index is 1.41. The third-order valence-corrected chi connectivity index (χ3v) is 8.86. The van der Waals surface area contributed by atoms with Gasteiger partial charge < -0.3 is 30.1 Å². The number of rotatable bonds is 8. The summed E-state index contributed by atoms with van der Waals surface area (Å²) in [6, 6.07) is 13.4. The van der Waals surface area contributed by atoms with Crippen LogP contribution < -0.4 is 15.4 Å². The summed E-state index contributed by atoms with van der Waals surface area (Å²) in [5, 5.41) is 16.4. The van der Waals surface area contributed by atoms with Crippen LogP contribution in [0.25, 0.3) is 22.3 Å². The third-order valence-electron chi connectivity index (χ3n) is 8.45. The van der Waals surface area contributed by atoms with Crippen molar-refractivity contribution in [2.75, 3.05) is 46.3 Å². The molecule has 1 unspecified atom stereocenters. The molecule has 3 N–H and O–H groups in total. The van der Waals surface area contributed by atoms with Crippen LogP contribution in [-0.4, -0.2) is 85.9 Å². The maximum absolute atomic E-state index is 15.6. The first-order valence-electron chi connectivity index (χ1n) is 14.6. The Kier molecular flexibility index (Phi) is 9.73. The molecule has 3 aromatic carbocycles. The van der Waals surface area contributed by atoms with Gasteiger partial charge in [-0.3, -0.25) is 14.5 Å². The predicted molar refractivity (Wildman–Crippen MR) is 169 cm³/mol. The van der Waals surface area contributed by atoms with E-state index in [1.807, 2.05) is 31.2 Å². The van der Waals surface area contributed by atoms with Crippen LogP contribution in [0, 0.1) is 18.7 Å². The van der Waals surface area contributed by atoms with Crippen molar-refractivity contribution in [3.05, 3.63) is 70.5 Å². The summed E-state index contributed by atoms with van der Waals surface area (Å²) < 4.78 is 26.4. The number of carbonyl (C=O) groups excluding carboxylic acids is 3. The van der Waals surface area contributed by atoms with Crippen molar-refractivity contribution < 1.29 is 33.4 Å². The second-order valence-electron chi connectivity index (χ2n) is 11.3. The highest BCUT2D eigenvalue weighted by molar-refractivity contribution is 6.36. The van der Waals surface area contributed by atoms with E-state index in [4.69, 9.17) is 21.1 Å². The molecule has 45 heavy (non-hydrogen) atoms. The number of urea groups is 1. The summed E-state index contributed by atoms with van der Waals surface area (Å²) in [6.07, 6.45) is -0.0447. The van der Waals surface area contributed by atoms with E-state index in [-0.39, 0.29) is 30.8 Å². The summed E-state index contributed by atoms with van der Waals surface area (Å²) in [5.74, 6) is -2.30. The van der Waals surface area contributed by atoms with Crippen molar-refractivity contribution in [3.8, 4) is 28.0 Å². The Bertz CT molecular complexity index is 1630. The molecular formula is C33H36ClFN4O6. The molecule has 3 atom stereocenters. The van der Waals surface area contributed by atoms with Crippen molar-refractivity contribution in [2.45, 2.75) is 32.0 Å². The Hall–Kier alpha value is -4.03. The van der Waals surface area contributed by atoms with Gasteiger partial charge in [0.05, 0.1) is 30.5 Å². The number of nitrogens with one attached hydrogen (secondary N) is 2. The van der Waals surface area contributed by atoms with Gasteiger partial charge in [0.1, 0.15) is 17.5 Å². The van der Waals surface area contributed by atoms with Gasteiger partial charge in [-0.1, -0.05) is 41.9 Å². The summed E-state index contributed by atoms with van der Waals surface area (Å²) in [7, 11) is 4.36. The van der Waals surface area contributed by atoms with Gasteiger partial charge in [-0.15, -0.1) is 0 Å². The zero-order valence-corrected chi connectivity index (χ0v) is 26.3. The van der Waals surface area contributed by atoms with E-state index in [9.17, 15) is 19.5 Å². The molecule has 0 spiro atoms. The number of halogens is 2. The van der Waals surface area contributed by atoms with Gasteiger partial charge in [0.2, 0.25) is 11.8 Å². The van der Waals surface area contributed by atoms with Crippen LogP contribution >= 0.6 is 11.6 Å². The molecule has 2 saturated heterocycles. The molecule has 4 amide bonds. The Morgan fingerprint density at radius 3 is 2.58 bits per heavy atom. The average molecular weight is 639 g/mol. The van der Waals surface area contributed by atoms with Crippen molar-refractivity contribution in [2.24, 2.45) is 5.92 Å². The minimum absolute atomic E-state index is 0.0430. The van der Waals surface area contributed by atoms with E-state index in [1.165, 1.54) is 32.2 Å². The summed E-state index contributed by atoms with van der Waals surface area (Å²) in [4.78, 5) is 40.1. The molecule has 0 aromatic heterocycles. The molecule has 12 heteroatoms. The Morgan fingerprint density at radius 1 is 1.13 bits per heavy atom. The van der Waals surface area contributed by atoms with Gasteiger partial charge in [0.25, 0.3) is 0 Å². The van der Waals surface area contributed by atoms with Crippen LogP contribution in [0.2, 0.25) is 5.02 Å². The topological polar surface area (TPSA) is 120 Å². The molecule has 2 aliphatic heterocycles. The van der Waals surface area contributed by atoms with Crippen LogP contribution in [0.4, 0.5) is 14.9 Å². The Labute approximate surface area is 266 Å². The molecule has 2 fully saturated rings. The zero-order chi connectivity index (χ0) is 32.4. The molecule has 0 saturated carbocycles. The van der Waals surface area contributed by atoms with Crippen LogP contribution in [0.3, 0.4) is 0 Å². The lowest BCUT2D eigenvalue weighted by Gasteiger charge is -2.33. The van der Waals surface area contributed by atoms with Crippen LogP contribution in [0.5, 0.6) is 5.75 Å². The fraction of sp³-hybridized carbons (Fsp3) is 0.364. The van der Waals surface area contributed by atoms with Crippen molar-refractivity contribution in [1.82, 2.24) is 15.1 Å². The number of methoxy groups -OCH3 is 1. The van der Waals surface area contributed by atoms with E-state index < -0.39 is 35.7 Å². The molecule has 10 nitrogen and oxygen atoms in total. The summed E-state index contributed by atoms with van der Waals surface area (Å²) in [5.41, 5.74) is 4.28. The molecule has 0 aliphatic carbocycles. The first kappa shape index (κ1) is 32.4. The average Bonchev–Trinajstić information content (AvgIpc) is 3.02. The highest BCUT2D eigenvalue weighted by atomic mass is 35.5. The number of anilines is 1. The molecule has 0 bridgehead atoms. The van der Waals surface area contributed by atoms with E-state index in [0.29, 0.717) is 41.2 Å². The SMILES string of the molecule is COc1cc(-c2cccc(-c3cccc(NC(=O)C4CN(C)C(=O)N(C)C4=O)c3Cl)c2C)cc(F)c1CN[C@H]1CCOC[C@@H]1O. The summed E-state index contributed by atoms with van der Waals surface area (Å²) in [6.45, 7) is 2.81. The minimum Gasteiger partial charge on any atom is -0.496 e. The normalized spacial score (nSPS) is 20.4. The lowest BCUT2D eigenvalue weighted by molar-refractivity contribution is -0.140. The van der Waals surface area contributed by atoms with Crippen LogP contribution in [0.1, 0.15) is 17.5 Å². The lowest BCUT2D eigenvalue weighted by atomic mass is 9.91. The van der Waals surface area contributed by atoms with Gasteiger partial charge >= 0.3 is 6.03 Å². The van der Waals surface area contributed by atoms with Gasteiger partial charge in [0, 0.05) is 51.0 Å². The fourth-order valence-electron chi connectivity index (χ4n) is 5.82. The maximum atomic E-state index is 15.6. The minimum atomic E-state index is -1.08.